The fraction of sp³-hybridized carbons (Fsp3) is 0.0877. The molecule has 0 saturated heterocycles. The summed E-state index contributed by atoms with van der Waals surface area (Å²) in [7, 11) is 0. The lowest BCUT2D eigenvalue weighted by Crippen LogP contribution is -2.23. The molecule has 0 fully saturated rings. The third kappa shape index (κ3) is 5.80. The second-order valence-corrected chi connectivity index (χ2v) is 16.0. The number of hydrogen-bond acceptors (Lipinski definition) is 2. The van der Waals surface area contributed by atoms with Gasteiger partial charge in [-0.2, -0.15) is 0 Å². The summed E-state index contributed by atoms with van der Waals surface area (Å²) in [6.45, 7) is 4.68. The molecule has 3 nitrogen and oxygen atoms in total. The van der Waals surface area contributed by atoms with E-state index < -0.39 is 0 Å². The van der Waals surface area contributed by atoms with Crippen molar-refractivity contribution >= 4 is 44.7 Å². The first kappa shape index (κ1) is 35.8. The van der Waals surface area contributed by atoms with Crippen LogP contribution in [-0.2, 0) is 5.41 Å². The molecule has 0 atom stereocenters. The van der Waals surface area contributed by atoms with Crippen molar-refractivity contribution < 1.29 is 0 Å². The van der Waals surface area contributed by atoms with Crippen molar-refractivity contribution in [2.45, 2.75) is 32.1 Å². The van der Waals surface area contributed by atoms with E-state index in [9.17, 15) is 0 Å². The van der Waals surface area contributed by atoms with Crippen LogP contribution in [0.5, 0.6) is 0 Å². The molecule has 1 aliphatic carbocycles. The molecule has 2 aromatic heterocycles. The van der Waals surface area contributed by atoms with Gasteiger partial charge in [0.15, 0.2) is 5.82 Å². The molecule has 0 unspecified atom stereocenters. The number of fused-ring (bicyclic) bond motifs is 7. The van der Waals surface area contributed by atoms with E-state index in [-0.39, 0.29) is 5.41 Å². The summed E-state index contributed by atoms with van der Waals surface area (Å²) >= 11 is 0. The van der Waals surface area contributed by atoms with E-state index in [0.717, 1.165) is 40.7 Å². The number of benzene rings is 8. The maximum absolute atomic E-state index is 4.88. The molecular weight excluding hydrogens is 727 g/mol. The Morgan fingerprint density at radius 2 is 0.983 bits per heavy atom. The standard InChI is InChI=1S/C57H43N3/c1-3-57(4-2)52-32-38(22-29-46(52)47-30-28-45(35-53(47)57)60-54-20-12-10-18-48(54)49-19-11-13-21-55(49)60)23-31-56-58-36-44(37-59-56)51-34-43-17-9-8-16-42(43)33-50(51)41-26-24-40(25-27-41)39-14-6-5-7-15-39/h5-37H,3-4H2,1-2H3/b31-23+. The quantitative estimate of drug-likeness (QED) is 0.154. The van der Waals surface area contributed by atoms with E-state index in [2.05, 4.69) is 200 Å². The number of aromatic nitrogens is 3. The minimum atomic E-state index is -0.0825. The van der Waals surface area contributed by atoms with Crippen LogP contribution in [0.1, 0.15) is 49.2 Å². The van der Waals surface area contributed by atoms with Crippen molar-refractivity contribution in [1.29, 1.82) is 0 Å². The van der Waals surface area contributed by atoms with Gasteiger partial charge in [0, 0.05) is 39.8 Å². The van der Waals surface area contributed by atoms with Gasteiger partial charge in [-0.1, -0.05) is 159 Å². The highest BCUT2D eigenvalue weighted by Crippen LogP contribution is 2.53. The predicted octanol–water partition coefficient (Wildman–Crippen LogP) is 15.0. The summed E-state index contributed by atoms with van der Waals surface area (Å²) in [4.78, 5) is 9.76. The molecule has 60 heavy (non-hydrogen) atoms. The summed E-state index contributed by atoms with van der Waals surface area (Å²) in [6, 6.07) is 64.1. The summed E-state index contributed by atoms with van der Waals surface area (Å²) in [5, 5.41) is 4.97. The minimum Gasteiger partial charge on any atom is -0.309 e. The second kappa shape index (κ2) is 14.5. The molecule has 1 aliphatic rings. The lowest BCUT2D eigenvalue weighted by Gasteiger charge is -2.30. The van der Waals surface area contributed by atoms with Crippen LogP contribution >= 0.6 is 0 Å². The van der Waals surface area contributed by atoms with Gasteiger partial charge in [0.2, 0.25) is 0 Å². The van der Waals surface area contributed by atoms with Crippen molar-refractivity contribution in [2.24, 2.45) is 0 Å². The minimum absolute atomic E-state index is 0.0825. The molecule has 0 saturated carbocycles. The zero-order chi connectivity index (χ0) is 40.2. The molecule has 0 spiro atoms. The first-order valence-electron chi connectivity index (χ1n) is 21.1. The van der Waals surface area contributed by atoms with E-state index in [1.165, 1.54) is 71.6 Å². The predicted molar refractivity (Wildman–Crippen MR) is 252 cm³/mol. The van der Waals surface area contributed by atoms with Gasteiger partial charge in [-0.05, 0) is 122 Å². The van der Waals surface area contributed by atoms with E-state index in [4.69, 9.17) is 9.97 Å². The zero-order valence-corrected chi connectivity index (χ0v) is 33.8. The molecule has 0 bridgehead atoms. The highest BCUT2D eigenvalue weighted by molar-refractivity contribution is 6.09. The highest BCUT2D eigenvalue weighted by Gasteiger charge is 2.41. The Kier molecular flexibility index (Phi) is 8.63. The normalized spacial score (nSPS) is 13.0. The SMILES string of the molecule is CCC1(CC)c2cc(/C=C/c3ncc(-c4cc5ccccc5cc4-c4ccc(-c5ccccc5)cc4)cn3)ccc2-c2ccc(-n3c4ccccc4c4ccccc43)cc21. The maximum atomic E-state index is 4.88. The van der Waals surface area contributed by atoms with Crippen LogP contribution in [0.2, 0.25) is 0 Å². The molecule has 11 rings (SSSR count). The van der Waals surface area contributed by atoms with Crippen LogP contribution < -0.4 is 0 Å². The van der Waals surface area contributed by atoms with Crippen LogP contribution in [0.25, 0.3) is 94.9 Å². The lowest BCUT2D eigenvalue weighted by atomic mass is 9.73. The topological polar surface area (TPSA) is 30.7 Å². The summed E-state index contributed by atoms with van der Waals surface area (Å²) in [6.07, 6.45) is 10.2. The monoisotopic (exact) mass is 769 g/mol. The molecule has 0 amide bonds. The maximum Gasteiger partial charge on any atom is 0.151 e. The third-order valence-corrected chi connectivity index (χ3v) is 13.0. The van der Waals surface area contributed by atoms with Gasteiger partial charge < -0.3 is 4.57 Å². The number of rotatable bonds is 8. The van der Waals surface area contributed by atoms with Crippen molar-refractivity contribution in [3.63, 3.8) is 0 Å². The molecule has 10 aromatic rings. The van der Waals surface area contributed by atoms with Crippen LogP contribution in [-0.4, -0.2) is 14.5 Å². The number of nitrogens with zero attached hydrogens (tertiary/aromatic N) is 3. The Balaban J connectivity index is 0.910. The average Bonchev–Trinajstić information content (AvgIpc) is 3.80. The Labute approximate surface area is 351 Å². The first-order chi connectivity index (χ1) is 29.6. The van der Waals surface area contributed by atoms with Gasteiger partial charge in [-0.15, -0.1) is 0 Å². The summed E-state index contributed by atoms with van der Waals surface area (Å²) in [5.74, 6) is 0.685. The van der Waals surface area contributed by atoms with Crippen LogP contribution in [0.3, 0.4) is 0 Å². The summed E-state index contributed by atoms with van der Waals surface area (Å²) < 4.78 is 2.44. The molecule has 0 aliphatic heterocycles. The molecule has 2 heterocycles. The fourth-order valence-corrected chi connectivity index (χ4v) is 9.88. The Bertz CT molecular complexity index is 3200. The van der Waals surface area contributed by atoms with Gasteiger partial charge in [0.05, 0.1) is 11.0 Å². The van der Waals surface area contributed by atoms with E-state index >= 15 is 0 Å². The Morgan fingerprint density at radius 3 is 1.63 bits per heavy atom. The van der Waals surface area contributed by atoms with E-state index in [1.807, 2.05) is 18.5 Å². The van der Waals surface area contributed by atoms with E-state index in [0.29, 0.717) is 5.82 Å². The molecule has 286 valence electrons. The zero-order valence-electron chi connectivity index (χ0n) is 33.8. The number of hydrogen-bond donors (Lipinski definition) is 0. The van der Waals surface area contributed by atoms with Crippen molar-refractivity contribution in [3.8, 4) is 50.2 Å². The van der Waals surface area contributed by atoms with Crippen LogP contribution in [0, 0.1) is 0 Å². The van der Waals surface area contributed by atoms with Gasteiger partial charge in [-0.25, -0.2) is 9.97 Å². The summed E-state index contributed by atoms with van der Waals surface area (Å²) in [5.41, 5.74) is 17.1. The lowest BCUT2D eigenvalue weighted by molar-refractivity contribution is 0.490. The van der Waals surface area contributed by atoms with Crippen molar-refractivity contribution in [3.05, 3.63) is 211 Å². The smallest absolute Gasteiger partial charge is 0.151 e. The van der Waals surface area contributed by atoms with Crippen molar-refractivity contribution in [2.75, 3.05) is 0 Å². The molecular formula is C57H43N3. The average molecular weight is 770 g/mol. The Morgan fingerprint density at radius 1 is 0.450 bits per heavy atom. The Hall–Kier alpha value is -7.36. The molecule has 8 aromatic carbocycles. The van der Waals surface area contributed by atoms with E-state index in [1.54, 1.807) is 0 Å². The largest absolute Gasteiger partial charge is 0.309 e. The van der Waals surface area contributed by atoms with Crippen LogP contribution in [0.15, 0.2) is 188 Å². The highest BCUT2D eigenvalue weighted by atomic mass is 15.0. The second-order valence-electron chi connectivity index (χ2n) is 16.0. The molecule has 0 radical (unpaired) electrons. The molecule has 0 N–H and O–H groups in total. The first-order valence-corrected chi connectivity index (χ1v) is 21.1. The van der Waals surface area contributed by atoms with Crippen molar-refractivity contribution in [1.82, 2.24) is 14.5 Å². The number of para-hydroxylation sites is 2. The van der Waals surface area contributed by atoms with Gasteiger partial charge in [0.25, 0.3) is 0 Å². The van der Waals surface area contributed by atoms with Gasteiger partial charge in [0.1, 0.15) is 0 Å². The molecule has 3 heteroatoms. The third-order valence-electron chi connectivity index (χ3n) is 13.0. The van der Waals surface area contributed by atoms with Gasteiger partial charge in [-0.3, -0.25) is 0 Å². The van der Waals surface area contributed by atoms with Gasteiger partial charge >= 0.3 is 0 Å². The van der Waals surface area contributed by atoms with Crippen LogP contribution in [0.4, 0.5) is 0 Å². The fourth-order valence-electron chi connectivity index (χ4n) is 9.88.